The van der Waals surface area contributed by atoms with Gasteiger partial charge in [-0.1, -0.05) is 19.3 Å². The number of nitrogens with one attached hydrogen (secondary N) is 1. The lowest BCUT2D eigenvalue weighted by Gasteiger charge is -2.26. The number of fused-ring (bicyclic) bond motifs is 1. The molecule has 6 nitrogen and oxygen atoms in total. The summed E-state index contributed by atoms with van der Waals surface area (Å²) in [4.78, 5) is 26.1. The van der Waals surface area contributed by atoms with Gasteiger partial charge in [0.15, 0.2) is 0 Å². The van der Waals surface area contributed by atoms with Gasteiger partial charge in [0.25, 0.3) is 11.6 Å². The molecule has 4 rings (SSSR count). The summed E-state index contributed by atoms with van der Waals surface area (Å²) in [7, 11) is 0. The molecule has 2 saturated carbocycles. The number of nitro groups is 1. The highest BCUT2D eigenvalue weighted by atomic mass is 16.6. The first kappa shape index (κ1) is 16.4. The van der Waals surface area contributed by atoms with Crippen molar-refractivity contribution in [2.24, 2.45) is 11.8 Å². The van der Waals surface area contributed by atoms with Crippen molar-refractivity contribution < 1.29 is 9.72 Å². The minimum Gasteiger partial charge on any atom is -0.370 e. The first-order valence-corrected chi connectivity index (χ1v) is 9.38. The van der Waals surface area contributed by atoms with Crippen LogP contribution >= 0.6 is 0 Å². The zero-order chi connectivity index (χ0) is 17.6. The summed E-state index contributed by atoms with van der Waals surface area (Å²) in [5, 5.41) is 14.5. The van der Waals surface area contributed by atoms with Crippen molar-refractivity contribution in [3.63, 3.8) is 0 Å². The van der Waals surface area contributed by atoms with Crippen LogP contribution in [0.15, 0.2) is 12.1 Å². The maximum absolute atomic E-state index is 12.9. The second-order valence-corrected chi connectivity index (χ2v) is 7.88. The Kier molecular flexibility index (Phi) is 4.13. The molecule has 0 radical (unpaired) electrons. The highest BCUT2D eigenvalue weighted by Gasteiger charge is 2.46. The van der Waals surface area contributed by atoms with Crippen LogP contribution in [0.4, 0.5) is 11.4 Å². The molecule has 6 heteroatoms. The van der Waals surface area contributed by atoms with Crippen molar-refractivity contribution in [2.45, 2.75) is 51.5 Å². The quantitative estimate of drug-likeness (QED) is 0.671. The van der Waals surface area contributed by atoms with Crippen LogP contribution in [0.1, 0.15) is 54.4 Å². The number of piperidine rings is 1. The number of rotatable bonds is 4. The van der Waals surface area contributed by atoms with E-state index in [0.29, 0.717) is 11.1 Å². The van der Waals surface area contributed by atoms with E-state index < -0.39 is 4.92 Å². The third-order valence-corrected chi connectivity index (χ3v) is 6.02. The van der Waals surface area contributed by atoms with Gasteiger partial charge in [-0.25, -0.2) is 0 Å². The predicted octanol–water partition coefficient (Wildman–Crippen LogP) is 3.42. The van der Waals surface area contributed by atoms with Gasteiger partial charge in [0.1, 0.15) is 0 Å². The van der Waals surface area contributed by atoms with E-state index in [1.165, 1.54) is 18.9 Å². The van der Waals surface area contributed by atoms with E-state index in [-0.39, 0.29) is 17.6 Å². The molecule has 1 heterocycles. The van der Waals surface area contributed by atoms with Crippen molar-refractivity contribution >= 4 is 17.3 Å². The number of anilines is 1. The molecule has 134 valence electrons. The number of aryl methyl sites for hydroxylation is 1. The monoisotopic (exact) mass is 343 g/mol. The molecular weight excluding hydrogens is 318 g/mol. The largest absolute Gasteiger partial charge is 0.370 e. The van der Waals surface area contributed by atoms with E-state index in [9.17, 15) is 14.9 Å². The molecule has 1 aromatic carbocycles. The first-order valence-electron chi connectivity index (χ1n) is 9.38. The Morgan fingerprint density at radius 2 is 1.88 bits per heavy atom. The zero-order valence-electron chi connectivity index (χ0n) is 14.7. The maximum atomic E-state index is 12.9. The Balaban J connectivity index is 1.63. The number of amides is 1. The van der Waals surface area contributed by atoms with Crippen LogP contribution in [0.2, 0.25) is 0 Å². The number of carbonyl (C=O) groups is 1. The molecule has 25 heavy (non-hydrogen) atoms. The van der Waals surface area contributed by atoms with Crippen molar-refractivity contribution in [2.75, 3.05) is 18.0 Å². The molecule has 0 bridgehead atoms. The van der Waals surface area contributed by atoms with Crippen LogP contribution < -0.4 is 10.2 Å². The molecule has 0 aromatic heterocycles. The Hall–Kier alpha value is -2.11. The third-order valence-electron chi connectivity index (χ3n) is 6.02. The van der Waals surface area contributed by atoms with Gasteiger partial charge < -0.3 is 10.2 Å². The summed E-state index contributed by atoms with van der Waals surface area (Å²) >= 11 is 0. The summed E-state index contributed by atoms with van der Waals surface area (Å²) in [6, 6.07) is 3.51. The van der Waals surface area contributed by atoms with Crippen LogP contribution in [0.3, 0.4) is 0 Å². The van der Waals surface area contributed by atoms with E-state index in [1.54, 1.807) is 6.92 Å². The van der Waals surface area contributed by atoms with Gasteiger partial charge in [0.05, 0.1) is 16.2 Å². The molecule has 0 spiro atoms. The Morgan fingerprint density at radius 1 is 1.20 bits per heavy atom. The molecule has 2 aliphatic carbocycles. The van der Waals surface area contributed by atoms with Gasteiger partial charge in [-0.3, -0.25) is 14.9 Å². The normalized spacial score (nSPS) is 25.6. The van der Waals surface area contributed by atoms with Crippen LogP contribution in [0, 0.1) is 28.9 Å². The number of carbonyl (C=O) groups excluding carboxylic acids is 1. The Morgan fingerprint density at radius 3 is 2.52 bits per heavy atom. The van der Waals surface area contributed by atoms with Gasteiger partial charge in [-0.15, -0.1) is 0 Å². The number of hydrogen-bond donors (Lipinski definition) is 1. The molecular formula is C19H25N3O3. The summed E-state index contributed by atoms with van der Waals surface area (Å²) in [6.07, 6.45) is 6.80. The smallest absolute Gasteiger partial charge is 0.273 e. The molecule has 1 N–H and O–H groups in total. The van der Waals surface area contributed by atoms with E-state index in [2.05, 4.69) is 10.2 Å². The predicted molar refractivity (Wildman–Crippen MR) is 96.0 cm³/mol. The van der Waals surface area contributed by atoms with E-state index in [0.717, 1.165) is 56.3 Å². The number of nitrogens with zero attached hydrogens (tertiary/aromatic N) is 2. The third kappa shape index (κ3) is 3.22. The van der Waals surface area contributed by atoms with Crippen molar-refractivity contribution in [3.8, 4) is 0 Å². The topological polar surface area (TPSA) is 75.5 Å². The van der Waals surface area contributed by atoms with E-state index >= 15 is 0 Å². The standard InChI is InChI=1S/C19H25N3O3/c1-12-7-18(21-10-13-8-14(13)11-21)16(9-17(12)22(24)25)19(23)20-15-5-3-2-4-6-15/h7,9,13-15H,2-6,8,10-11H2,1H3,(H,20,23). The van der Waals surface area contributed by atoms with Crippen molar-refractivity contribution in [1.82, 2.24) is 5.32 Å². The summed E-state index contributed by atoms with van der Waals surface area (Å²) in [5.74, 6) is 1.32. The lowest BCUT2D eigenvalue weighted by Crippen LogP contribution is -2.37. The summed E-state index contributed by atoms with van der Waals surface area (Å²) in [6.45, 7) is 3.68. The average Bonchev–Trinajstić information content (AvgIpc) is 3.20. The second kappa shape index (κ2) is 6.32. The van der Waals surface area contributed by atoms with Crippen molar-refractivity contribution in [1.29, 1.82) is 0 Å². The fourth-order valence-corrected chi connectivity index (χ4v) is 4.43. The number of nitro benzene ring substituents is 1. The van der Waals surface area contributed by atoms with Gasteiger partial charge in [0.2, 0.25) is 0 Å². The molecule has 3 aliphatic rings. The molecule has 2 atom stereocenters. The van der Waals surface area contributed by atoms with Crippen molar-refractivity contribution in [3.05, 3.63) is 33.4 Å². The molecule has 1 saturated heterocycles. The van der Waals surface area contributed by atoms with Gasteiger partial charge in [0, 0.05) is 30.8 Å². The number of benzene rings is 1. The van der Waals surface area contributed by atoms with Gasteiger partial charge >= 0.3 is 0 Å². The van der Waals surface area contributed by atoms with E-state index in [4.69, 9.17) is 0 Å². The van der Waals surface area contributed by atoms with Crippen LogP contribution in [0.5, 0.6) is 0 Å². The highest BCUT2D eigenvalue weighted by Crippen LogP contribution is 2.47. The first-order chi connectivity index (χ1) is 12.0. The van der Waals surface area contributed by atoms with Gasteiger partial charge in [-0.05, 0) is 44.1 Å². The summed E-state index contributed by atoms with van der Waals surface area (Å²) < 4.78 is 0. The highest BCUT2D eigenvalue weighted by molar-refractivity contribution is 6.01. The van der Waals surface area contributed by atoms with E-state index in [1.807, 2.05) is 6.07 Å². The molecule has 2 unspecified atom stereocenters. The summed E-state index contributed by atoms with van der Waals surface area (Å²) in [5.41, 5.74) is 1.98. The second-order valence-electron chi connectivity index (χ2n) is 7.88. The van der Waals surface area contributed by atoms with Gasteiger partial charge in [-0.2, -0.15) is 0 Å². The minimum absolute atomic E-state index is 0.0295. The SMILES string of the molecule is Cc1cc(N2CC3CC3C2)c(C(=O)NC2CCCCC2)cc1[N+](=O)[O-]. The molecule has 3 fully saturated rings. The number of hydrogen-bond acceptors (Lipinski definition) is 4. The fraction of sp³-hybridized carbons (Fsp3) is 0.632. The van der Waals surface area contributed by atoms with Crippen LogP contribution in [-0.4, -0.2) is 30.0 Å². The Bertz CT molecular complexity index is 702. The maximum Gasteiger partial charge on any atom is 0.273 e. The lowest BCUT2D eigenvalue weighted by molar-refractivity contribution is -0.385. The fourth-order valence-electron chi connectivity index (χ4n) is 4.43. The molecule has 1 amide bonds. The van der Waals surface area contributed by atoms with Crippen LogP contribution in [-0.2, 0) is 0 Å². The molecule has 1 aliphatic heterocycles. The zero-order valence-corrected chi connectivity index (χ0v) is 14.7. The Labute approximate surface area is 147 Å². The molecule has 1 aromatic rings. The average molecular weight is 343 g/mol. The lowest BCUT2D eigenvalue weighted by atomic mass is 9.95. The van der Waals surface area contributed by atoms with Crippen LogP contribution in [0.25, 0.3) is 0 Å². The minimum atomic E-state index is -0.391.